The van der Waals surface area contributed by atoms with Gasteiger partial charge in [-0.2, -0.15) is 0 Å². The van der Waals surface area contributed by atoms with Crippen molar-refractivity contribution in [3.63, 3.8) is 0 Å². The molecule has 0 radical (unpaired) electrons. The summed E-state index contributed by atoms with van der Waals surface area (Å²) in [4.78, 5) is 0. The molecule has 1 saturated carbocycles. The third kappa shape index (κ3) is 2.44. The Labute approximate surface area is 89.8 Å². The van der Waals surface area contributed by atoms with Crippen molar-refractivity contribution in [2.75, 3.05) is 0 Å². The number of benzene rings is 1. The number of hydrogen-bond acceptors (Lipinski definition) is 1. The van der Waals surface area contributed by atoms with E-state index in [0.717, 1.165) is 19.3 Å². The molecule has 2 rings (SSSR count). The summed E-state index contributed by atoms with van der Waals surface area (Å²) in [5.41, 5.74) is 1.47. The van der Waals surface area contributed by atoms with Gasteiger partial charge in [0.25, 0.3) is 0 Å². The minimum absolute atomic E-state index is 0.0219. The van der Waals surface area contributed by atoms with Gasteiger partial charge >= 0.3 is 0 Å². The van der Waals surface area contributed by atoms with E-state index < -0.39 is 6.17 Å². The highest BCUT2D eigenvalue weighted by molar-refractivity contribution is 5.86. The summed E-state index contributed by atoms with van der Waals surface area (Å²) in [6.07, 6.45) is 2.28. The predicted octanol–water partition coefficient (Wildman–Crippen LogP) is 3.39. The largest absolute Gasteiger partial charge is 0.307 e. The van der Waals surface area contributed by atoms with E-state index in [2.05, 4.69) is 0 Å². The standard InChI is InChI=1S/C13H16FN/c14-13-11(7-4-8-12(13)15)9-10-5-2-1-3-6-10/h1-3,5-6,11,13,15H,4,7-9H2. The molecule has 1 nitrogen and oxygen atoms in total. The molecule has 0 aliphatic heterocycles. The Kier molecular flexibility index (Phi) is 3.14. The van der Waals surface area contributed by atoms with Gasteiger partial charge in [0.1, 0.15) is 6.17 Å². The molecule has 2 atom stereocenters. The summed E-state index contributed by atoms with van der Waals surface area (Å²) < 4.78 is 13.7. The van der Waals surface area contributed by atoms with E-state index in [1.165, 1.54) is 5.56 Å². The monoisotopic (exact) mass is 205 g/mol. The summed E-state index contributed by atoms with van der Waals surface area (Å²) in [7, 11) is 0. The Morgan fingerprint density at radius 3 is 2.73 bits per heavy atom. The van der Waals surface area contributed by atoms with Gasteiger partial charge in [0.2, 0.25) is 0 Å². The van der Waals surface area contributed by atoms with E-state index in [-0.39, 0.29) is 5.92 Å². The van der Waals surface area contributed by atoms with Crippen molar-refractivity contribution in [1.82, 2.24) is 0 Å². The first-order valence-electron chi connectivity index (χ1n) is 5.52. The average molecular weight is 205 g/mol. The molecule has 2 unspecified atom stereocenters. The number of rotatable bonds is 2. The van der Waals surface area contributed by atoms with Crippen LogP contribution in [0, 0.1) is 11.3 Å². The molecule has 0 saturated heterocycles. The van der Waals surface area contributed by atoms with E-state index in [1.807, 2.05) is 30.3 Å². The van der Waals surface area contributed by atoms with Gasteiger partial charge in [0.15, 0.2) is 0 Å². The lowest BCUT2D eigenvalue weighted by molar-refractivity contribution is 0.259. The molecule has 1 N–H and O–H groups in total. The Balaban J connectivity index is 2.02. The molecular weight excluding hydrogens is 189 g/mol. The first-order chi connectivity index (χ1) is 7.27. The van der Waals surface area contributed by atoms with Gasteiger partial charge < -0.3 is 5.41 Å². The van der Waals surface area contributed by atoms with Crippen LogP contribution in [0.2, 0.25) is 0 Å². The lowest BCUT2D eigenvalue weighted by atomic mass is 9.82. The third-order valence-corrected chi connectivity index (χ3v) is 3.11. The normalized spacial score (nSPS) is 26.6. The molecule has 0 bridgehead atoms. The minimum Gasteiger partial charge on any atom is -0.307 e. The van der Waals surface area contributed by atoms with E-state index in [0.29, 0.717) is 12.1 Å². The zero-order chi connectivity index (χ0) is 10.7. The van der Waals surface area contributed by atoms with Gasteiger partial charge in [-0.05, 0) is 37.2 Å². The first kappa shape index (κ1) is 10.3. The minimum atomic E-state index is -1.01. The van der Waals surface area contributed by atoms with Crippen molar-refractivity contribution in [2.45, 2.75) is 31.9 Å². The fourth-order valence-corrected chi connectivity index (χ4v) is 2.25. The smallest absolute Gasteiger partial charge is 0.140 e. The van der Waals surface area contributed by atoms with Crippen LogP contribution in [0.15, 0.2) is 30.3 Å². The van der Waals surface area contributed by atoms with E-state index in [4.69, 9.17) is 5.41 Å². The zero-order valence-electron chi connectivity index (χ0n) is 8.75. The van der Waals surface area contributed by atoms with Crippen LogP contribution in [-0.2, 0) is 6.42 Å². The topological polar surface area (TPSA) is 23.9 Å². The SMILES string of the molecule is N=C1CCCC(Cc2ccccc2)C1F. The van der Waals surface area contributed by atoms with Gasteiger partial charge in [-0.25, -0.2) is 4.39 Å². The lowest BCUT2D eigenvalue weighted by Gasteiger charge is -2.26. The summed E-state index contributed by atoms with van der Waals surface area (Å²) >= 11 is 0. The molecule has 0 heterocycles. The fraction of sp³-hybridized carbons (Fsp3) is 0.462. The molecular formula is C13H16FN. The zero-order valence-corrected chi connectivity index (χ0v) is 8.75. The average Bonchev–Trinajstić information content (AvgIpc) is 2.26. The van der Waals surface area contributed by atoms with Gasteiger partial charge in [-0.15, -0.1) is 0 Å². The molecule has 15 heavy (non-hydrogen) atoms. The second-order valence-corrected chi connectivity index (χ2v) is 4.27. The highest BCUT2D eigenvalue weighted by Crippen LogP contribution is 2.27. The van der Waals surface area contributed by atoms with Crippen LogP contribution < -0.4 is 0 Å². The second kappa shape index (κ2) is 4.56. The van der Waals surface area contributed by atoms with E-state index in [1.54, 1.807) is 0 Å². The van der Waals surface area contributed by atoms with Crippen LogP contribution in [0.5, 0.6) is 0 Å². The van der Waals surface area contributed by atoms with Crippen molar-refractivity contribution in [3.05, 3.63) is 35.9 Å². The van der Waals surface area contributed by atoms with Crippen molar-refractivity contribution >= 4 is 5.71 Å². The van der Waals surface area contributed by atoms with E-state index >= 15 is 0 Å². The number of alkyl halides is 1. The fourth-order valence-electron chi connectivity index (χ4n) is 2.25. The molecule has 80 valence electrons. The van der Waals surface area contributed by atoms with Crippen LogP contribution in [-0.4, -0.2) is 11.9 Å². The number of hydrogen-bond donors (Lipinski definition) is 1. The predicted molar refractivity (Wildman–Crippen MR) is 60.1 cm³/mol. The van der Waals surface area contributed by atoms with Gasteiger partial charge in [-0.1, -0.05) is 30.3 Å². The van der Waals surface area contributed by atoms with Crippen LogP contribution in [0.25, 0.3) is 0 Å². The van der Waals surface area contributed by atoms with Crippen molar-refractivity contribution in [3.8, 4) is 0 Å². The molecule has 2 heteroatoms. The maximum absolute atomic E-state index is 13.7. The summed E-state index contributed by atoms with van der Waals surface area (Å²) in [6, 6.07) is 10.0. The number of halogens is 1. The molecule has 1 aliphatic rings. The van der Waals surface area contributed by atoms with Gasteiger partial charge in [-0.3, -0.25) is 0 Å². The summed E-state index contributed by atoms with van der Waals surface area (Å²) in [6.45, 7) is 0. The van der Waals surface area contributed by atoms with Gasteiger partial charge in [0.05, 0.1) is 0 Å². The molecule has 1 aromatic rings. The highest BCUT2D eigenvalue weighted by Gasteiger charge is 2.28. The highest BCUT2D eigenvalue weighted by atomic mass is 19.1. The second-order valence-electron chi connectivity index (χ2n) is 4.27. The van der Waals surface area contributed by atoms with Crippen LogP contribution in [0.4, 0.5) is 4.39 Å². The molecule has 1 aromatic carbocycles. The van der Waals surface area contributed by atoms with Gasteiger partial charge in [0, 0.05) is 5.71 Å². The first-order valence-corrected chi connectivity index (χ1v) is 5.52. The molecule has 1 aliphatic carbocycles. The van der Waals surface area contributed by atoms with Crippen molar-refractivity contribution in [2.24, 2.45) is 5.92 Å². The maximum Gasteiger partial charge on any atom is 0.140 e. The van der Waals surface area contributed by atoms with Crippen LogP contribution in [0.3, 0.4) is 0 Å². The van der Waals surface area contributed by atoms with Crippen molar-refractivity contribution < 1.29 is 4.39 Å². The van der Waals surface area contributed by atoms with Crippen LogP contribution >= 0.6 is 0 Å². The Morgan fingerprint density at radius 1 is 1.27 bits per heavy atom. The van der Waals surface area contributed by atoms with Crippen LogP contribution in [0.1, 0.15) is 24.8 Å². The molecule has 0 amide bonds. The third-order valence-electron chi connectivity index (χ3n) is 3.11. The number of nitrogens with one attached hydrogen (secondary N) is 1. The maximum atomic E-state index is 13.7. The van der Waals surface area contributed by atoms with Crippen molar-refractivity contribution in [1.29, 1.82) is 5.41 Å². The molecule has 0 spiro atoms. The Hall–Kier alpha value is -1.18. The Bertz CT molecular complexity index is 334. The molecule has 0 aromatic heterocycles. The quantitative estimate of drug-likeness (QED) is 0.765. The van der Waals surface area contributed by atoms with E-state index in [9.17, 15) is 4.39 Å². The summed E-state index contributed by atoms with van der Waals surface area (Å²) in [5.74, 6) is 0.0219. The Morgan fingerprint density at radius 2 is 2.00 bits per heavy atom. The lowest BCUT2D eigenvalue weighted by Crippen LogP contribution is -2.30. The molecule has 1 fully saturated rings. The summed E-state index contributed by atoms with van der Waals surface area (Å²) in [5, 5.41) is 7.52.